The lowest BCUT2D eigenvalue weighted by atomic mass is 10.3. The average molecular weight is 270 g/mol. The van der Waals surface area contributed by atoms with E-state index in [1.54, 1.807) is 5.38 Å². The minimum absolute atomic E-state index is 0.250. The summed E-state index contributed by atoms with van der Waals surface area (Å²) in [6.45, 7) is 0. The molecule has 0 saturated carbocycles. The topological polar surface area (TPSA) is 74.8 Å². The molecule has 0 atom stereocenters. The van der Waals surface area contributed by atoms with E-state index < -0.39 is 0 Å². The molecule has 5 nitrogen and oxygen atoms in total. The van der Waals surface area contributed by atoms with Crippen molar-refractivity contribution in [2.75, 3.05) is 5.32 Å². The van der Waals surface area contributed by atoms with Crippen LogP contribution in [0, 0.1) is 0 Å². The molecule has 0 fully saturated rings. The maximum Gasteiger partial charge on any atom is 0.258 e. The summed E-state index contributed by atoms with van der Waals surface area (Å²) in [5, 5.41) is 4.88. The zero-order valence-electron chi connectivity index (χ0n) is 8.57. The Morgan fingerprint density at radius 3 is 2.94 bits per heavy atom. The van der Waals surface area contributed by atoms with Crippen LogP contribution in [0.2, 0.25) is 0 Å². The Bertz CT molecular complexity index is 573. The molecule has 0 aliphatic rings. The Morgan fingerprint density at radius 1 is 1.53 bits per heavy atom. The summed E-state index contributed by atoms with van der Waals surface area (Å²) in [6.07, 6.45) is 1.35. The van der Waals surface area contributed by atoms with Crippen LogP contribution in [-0.2, 0) is 5.88 Å². The van der Waals surface area contributed by atoms with E-state index in [4.69, 9.17) is 11.6 Å². The number of alkyl halides is 1. The first-order valence-electron chi connectivity index (χ1n) is 4.69. The molecule has 17 heavy (non-hydrogen) atoms. The first kappa shape index (κ1) is 11.8. The van der Waals surface area contributed by atoms with Crippen molar-refractivity contribution >= 4 is 34.0 Å². The highest BCUT2D eigenvalue weighted by Gasteiger charge is 2.08. The van der Waals surface area contributed by atoms with Crippen molar-refractivity contribution in [1.82, 2.24) is 9.97 Å². The molecule has 0 aliphatic carbocycles. The SMILES string of the molecule is O=C(Nc1nc(CCl)cs1)c1ccc(=O)[nH]c1. The van der Waals surface area contributed by atoms with Gasteiger partial charge in [0.2, 0.25) is 5.56 Å². The van der Waals surface area contributed by atoms with Crippen molar-refractivity contribution in [2.45, 2.75) is 5.88 Å². The number of pyridine rings is 1. The number of hydrogen-bond donors (Lipinski definition) is 2. The van der Waals surface area contributed by atoms with Gasteiger partial charge in [-0.1, -0.05) is 0 Å². The van der Waals surface area contributed by atoms with Crippen molar-refractivity contribution in [3.05, 3.63) is 45.3 Å². The summed E-state index contributed by atoms with van der Waals surface area (Å²) < 4.78 is 0. The number of carbonyl (C=O) groups excluding carboxylic acids is 1. The highest BCUT2D eigenvalue weighted by atomic mass is 35.5. The summed E-state index contributed by atoms with van der Waals surface area (Å²) in [5.74, 6) is -0.0119. The van der Waals surface area contributed by atoms with Gasteiger partial charge in [0.15, 0.2) is 5.13 Å². The average Bonchev–Trinajstić information content (AvgIpc) is 2.77. The number of nitrogens with one attached hydrogen (secondary N) is 2. The number of H-pyrrole nitrogens is 1. The molecule has 0 aliphatic heterocycles. The third-order valence-corrected chi connectivity index (χ3v) is 3.04. The smallest absolute Gasteiger partial charge is 0.258 e. The Balaban J connectivity index is 2.11. The van der Waals surface area contributed by atoms with E-state index in [-0.39, 0.29) is 11.5 Å². The molecule has 2 aromatic heterocycles. The summed E-state index contributed by atoms with van der Waals surface area (Å²) in [6, 6.07) is 2.74. The third kappa shape index (κ3) is 2.92. The molecule has 7 heteroatoms. The maximum atomic E-state index is 11.7. The number of halogens is 1. The highest BCUT2D eigenvalue weighted by Crippen LogP contribution is 2.17. The van der Waals surface area contributed by atoms with E-state index in [0.29, 0.717) is 22.3 Å². The monoisotopic (exact) mass is 269 g/mol. The van der Waals surface area contributed by atoms with Crippen LogP contribution in [0.3, 0.4) is 0 Å². The Morgan fingerprint density at radius 2 is 2.35 bits per heavy atom. The summed E-state index contributed by atoms with van der Waals surface area (Å²) in [5.41, 5.74) is 0.834. The van der Waals surface area contributed by atoms with Crippen LogP contribution < -0.4 is 10.9 Å². The zero-order chi connectivity index (χ0) is 12.3. The van der Waals surface area contributed by atoms with Gasteiger partial charge in [0.05, 0.1) is 17.1 Å². The van der Waals surface area contributed by atoms with Crippen molar-refractivity contribution in [3.8, 4) is 0 Å². The fraction of sp³-hybridized carbons (Fsp3) is 0.100. The van der Waals surface area contributed by atoms with Crippen molar-refractivity contribution in [1.29, 1.82) is 0 Å². The molecular weight excluding hydrogens is 262 g/mol. The first-order chi connectivity index (χ1) is 8.19. The fourth-order valence-corrected chi connectivity index (χ4v) is 2.08. The zero-order valence-corrected chi connectivity index (χ0v) is 10.1. The summed E-state index contributed by atoms with van der Waals surface area (Å²) >= 11 is 6.90. The largest absolute Gasteiger partial charge is 0.328 e. The predicted molar refractivity (Wildman–Crippen MR) is 66.7 cm³/mol. The van der Waals surface area contributed by atoms with Gasteiger partial charge < -0.3 is 4.98 Å². The molecule has 0 radical (unpaired) electrons. The standard InChI is InChI=1S/C10H8ClN3O2S/c11-3-7-5-17-10(13-7)14-9(16)6-1-2-8(15)12-4-6/h1-2,4-5H,3H2,(H,12,15)(H,13,14,16). The molecule has 0 saturated heterocycles. The minimum atomic E-state index is -0.322. The second kappa shape index (κ2) is 5.11. The molecular formula is C10H8ClN3O2S. The summed E-state index contributed by atoms with van der Waals surface area (Å²) in [4.78, 5) is 29.1. The van der Waals surface area contributed by atoms with Crippen LogP contribution in [0.25, 0.3) is 0 Å². The third-order valence-electron chi connectivity index (χ3n) is 1.96. The van der Waals surface area contributed by atoms with Gasteiger partial charge in [0.1, 0.15) is 0 Å². The number of amides is 1. The van der Waals surface area contributed by atoms with Crippen LogP contribution in [0.15, 0.2) is 28.5 Å². The Kier molecular flexibility index (Phi) is 3.55. The lowest BCUT2D eigenvalue weighted by molar-refractivity contribution is 0.102. The molecule has 2 N–H and O–H groups in total. The lowest BCUT2D eigenvalue weighted by Crippen LogP contribution is -2.14. The van der Waals surface area contributed by atoms with Gasteiger partial charge in [-0.2, -0.15) is 0 Å². The van der Waals surface area contributed by atoms with E-state index in [9.17, 15) is 9.59 Å². The second-order valence-electron chi connectivity index (χ2n) is 3.17. The number of anilines is 1. The minimum Gasteiger partial charge on any atom is -0.328 e. The normalized spacial score (nSPS) is 10.2. The van der Waals surface area contributed by atoms with Gasteiger partial charge >= 0.3 is 0 Å². The Labute approximate surface area is 105 Å². The van der Waals surface area contributed by atoms with E-state index in [2.05, 4.69) is 15.3 Å². The van der Waals surface area contributed by atoms with Gasteiger partial charge in [-0.05, 0) is 6.07 Å². The van der Waals surface area contributed by atoms with Crippen molar-refractivity contribution < 1.29 is 4.79 Å². The highest BCUT2D eigenvalue weighted by molar-refractivity contribution is 7.14. The van der Waals surface area contributed by atoms with Gasteiger partial charge in [0.25, 0.3) is 5.91 Å². The molecule has 0 spiro atoms. The number of rotatable bonds is 3. The van der Waals surface area contributed by atoms with Crippen molar-refractivity contribution in [3.63, 3.8) is 0 Å². The number of nitrogens with zero attached hydrogens (tertiary/aromatic N) is 1. The molecule has 2 heterocycles. The van der Waals surface area contributed by atoms with Crippen LogP contribution in [0.5, 0.6) is 0 Å². The van der Waals surface area contributed by atoms with Gasteiger partial charge in [-0.3, -0.25) is 14.9 Å². The maximum absolute atomic E-state index is 11.7. The van der Waals surface area contributed by atoms with Crippen LogP contribution in [0.4, 0.5) is 5.13 Å². The van der Waals surface area contributed by atoms with Crippen LogP contribution in [0.1, 0.15) is 16.1 Å². The Hall–Kier alpha value is -1.66. The number of carbonyl (C=O) groups is 1. The fourth-order valence-electron chi connectivity index (χ4n) is 1.15. The first-order valence-corrected chi connectivity index (χ1v) is 6.11. The molecule has 2 rings (SSSR count). The molecule has 0 bridgehead atoms. The van der Waals surface area contributed by atoms with Crippen LogP contribution in [-0.4, -0.2) is 15.9 Å². The van der Waals surface area contributed by atoms with E-state index in [1.165, 1.54) is 29.7 Å². The van der Waals surface area contributed by atoms with E-state index >= 15 is 0 Å². The quantitative estimate of drug-likeness (QED) is 0.835. The predicted octanol–water partition coefficient (Wildman–Crippen LogP) is 1.82. The van der Waals surface area contributed by atoms with Crippen molar-refractivity contribution in [2.24, 2.45) is 0 Å². The van der Waals surface area contributed by atoms with E-state index in [0.717, 1.165) is 0 Å². The molecule has 88 valence electrons. The number of hydrogen-bond acceptors (Lipinski definition) is 4. The van der Waals surface area contributed by atoms with Gasteiger partial charge in [-0.25, -0.2) is 4.98 Å². The number of aromatic amines is 1. The molecule has 0 unspecified atom stereocenters. The van der Waals surface area contributed by atoms with Crippen LogP contribution >= 0.6 is 22.9 Å². The number of thiazole rings is 1. The second-order valence-corrected chi connectivity index (χ2v) is 4.30. The molecule has 0 aromatic carbocycles. The van der Waals surface area contributed by atoms with Gasteiger partial charge in [0, 0.05) is 17.6 Å². The van der Waals surface area contributed by atoms with E-state index in [1.807, 2.05) is 0 Å². The molecule has 1 amide bonds. The van der Waals surface area contributed by atoms with Gasteiger partial charge in [-0.15, -0.1) is 22.9 Å². The number of aromatic nitrogens is 2. The molecule has 2 aromatic rings. The summed E-state index contributed by atoms with van der Waals surface area (Å²) in [7, 11) is 0. The lowest BCUT2D eigenvalue weighted by Gasteiger charge is -2.00.